The quantitative estimate of drug-likeness (QED) is 0.772. The molecular weight excluding hydrogens is 340 g/mol. The van der Waals surface area contributed by atoms with Crippen LogP contribution in [-0.4, -0.2) is 29.6 Å². The first kappa shape index (κ1) is 15.0. The molecule has 112 valence electrons. The molecule has 2 unspecified atom stereocenters. The van der Waals surface area contributed by atoms with Crippen molar-refractivity contribution in [1.82, 2.24) is 5.01 Å². The second-order valence-corrected chi connectivity index (χ2v) is 6.19. The van der Waals surface area contributed by atoms with E-state index in [0.717, 1.165) is 15.6 Å². The molecule has 0 bridgehead atoms. The van der Waals surface area contributed by atoms with Gasteiger partial charge in [0.25, 0.3) is 0 Å². The number of ketones is 1. The zero-order valence-electron chi connectivity index (χ0n) is 12.3. The minimum atomic E-state index is -0.276. The molecule has 0 saturated carbocycles. The monoisotopic (exact) mass is 356 g/mol. The van der Waals surface area contributed by atoms with Gasteiger partial charge < -0.3 is 0 Å². The van der Waals surface area contributed by atoms with Crippen LogP contribution in [-0.2, 0) is 0 Å². The summed E-state index contributed by atoms with van der Waals surface area (Å²) in [7, 11) is 0. The molecule has 0 fully saturated rings. The van der Waals surface area contributed by atoms with Crippen LogP contribution in [0.5, 0.6) is 0 Å². The Labute approximate surface area is 138 Å². The molecule has 0 spiro atoms. The van der Waals surface area contributed by atoms with Gasteiger partial charge in [0.05, 0.1) is 5.92 Å². The van der Waals surface area contributed by atoms with Gasteiger partial charge in [0.2, 0.25) is 0 Å². The molecule has 0 aromatic heterocycles. The van der Waals surface area contributed by atoms with Crippen molar-refractivity contribution in [3.05, 3.63) is 70.2 Å². The van der Waals surface area contributed by atoms with Gasteiger partial charge >= 0.3 is 0 Å². The second-order valence-electron chi connectivity index (χ2n) is 5.28. The number of carbonyl (C=O) groups excluding carboxylic acids is 1. The Bertz CT molecular complexity index is 699. The summed E-state index contributed by atoms with van der Waals surface area (Å²) in [6.07, 6.45) is 1.89. The van der Waals surface area contributed by atoms with Gasteiger partial charge in [-0.3, -0.25) is 9.80 Å². The molecule has 0 amide bonds. The molecule has 0 saturated heterocycles. The third kappa shape index (κ3) is 2.83. The lowest BCUT2D eigenvalue weighted by atomic mass is 9.88. The average molecular weight is 357 g/mol. The fourth-order valence-electron chi connectivity index (χ4n) is 2.83. The zero-order valence-corrected chi connectivity index (χ0v) is 13.9. The fraction of sp³-hybridized carbons (Fsp3) is 0.222. The Balaban J connectivity index is 1.96. The van der Waals surface area contributed by atoms with Gasteiger partial charge in [-0.25, -0.2) is 0 Å². The minimum Gasteiger partial charge on any atom is -0.292 e. The largest absolute Gasteiger partial charge is 0.292 e. The van der Waals surface area contributed by atoms with Crippen molar-refractivity contribution in [3.63, 3.8) is 0 Å². The van der Waals surface area contributed by atoms with Crippen LogP contribution in [0.1, 0.15) is 28.8 Å². The SMILES string of the molecule is CCN1N=CC(c2cccc(Br)c2)C1C(=O)c1ccccc1. The van der Waals surface area contributed by atoms with Crippen LogP contribution >= 0.6 is 15.9 Å². The third-order valence-electron chi connectivity index (χ3n) is 3.92. The fourth-order valence-corrected chi connectivity index (χ4v) is 3.25. The topological polar surface area (TPSA) is 32.7 Å². The number of hydrazone groups is 1. The maximum Gasteiger partial charge on any atom is 0.187 e. The first-order valence-corrected chi connectivity index (χ1v) is 8.15. The van der Waals surface area contributed by atoms with Gasteiger partial charge in [0, 0.05) is 22.8 Å². The van der Waals surface area contributed by atoms with E-state index in [2.05, 4.69) is 27.1 Å². The predicted octanol–water partition coefficient (Wildman–Crippen LogP) is 4.11. The number of hydrogen-bond donors (Lipinski definition) is 0. The van der Waals surface area contributed by atoms with Crippen molar-refractivity contribution in [2.45, 2.75) is 18.9 Å². The van der Waals surface area contributed by atoms with Crippen LogP contribution in [0.4, 0.5) is 0 Å². The Kier molecular flexibility index (Phi) is 4.39. The van der Waals surface area contributed by atoms with Crippen LogP contribution in [0.15, 0.2) is 64.2 Å². The maximum absolute atomic E-state index is 13.0. The van der Waals surface area contributed by atoms with Crippen molar-refractivity contribution >= 4 is 27.9 Å². The van der Waals surface area contributed by atoms with E-state index in [4.69, 9.17) is 0 Å². The van der Waals surface area contributed by atoms with E-state index in [1.165, 1.54) is 0 Å². The predicted molar refractivity (Wildman–Crippen MR) is 92.3 cm³/mol. The van der Waals surface area contributed by atoms with E-state index in [9.17, 15) is 4.79 Å². The second kappa shape index (κ2) is 6.44. The van der Waals surface area contributed by atoms with Gasteiger partial charge in [-0.15, -0.1) is 0 Å². The highest BCUT2D eigenvalue weighted by Gasteiger charge is 2.37. The van der Waals surface area contributed by atoms with Crippen LogP contribution in [0.25, 0.3) is 0 Å². The number of hydrogen-bond acceptors (Lipinski definition) is 3. The summed E-state index contributed by atoms with van der Waals surface area (Å²) < 4.78 is 1.01. The minimum absolute atomic E-state index is 0.0230. The molecule has 1 aliphatic rings. The van der Waals surface area contributed by atoms with Gasteiger partial charge in [0.15, 0.2) is 5.78 Å². The zero-order chi connectivity index (χ0) is 15.5. The van der Waals surface area contributed by atoms with Gasteiger partial charge in [-0.2, -0.15) is 5.10 Å². The van der Waals surface area contributed by atoms with E-state index in [1.807, 2.05) is 66.7 Å². The van der Waals surface area contributed by atoms with Crippen molar-refractivity contribution in [2.75, 3.05) is 6.54 Å². The lowest BCUT2D eigenvalue weighted by Crippen LogP contribution is -2.38. The standard InChI is InChI=1S/C18H17BrN2O/c1-2-21-17(18(22)13-7-4-3-5-8-13)16(12-20-21)14-9-6-10-15(19)11-14/h3-12,16-17H,2H2,1H3. The number of rotatable bonds is 4. The summed E-state index contributed by atoms with van der Waals surface area (Å²) in [5.41, 5.74) is 1.83. The Morgan fingerprint density at radius 3 is 2.64 bits per heavy atom. The van der Waals surface area contributed by atoms with E-state index in [1.54, 1.807) is 0 Å². The lowest BCUT2D eigenvalue weighted by molar-refractivity contribution is 0.0843. The number of benzene rings is 2. The summed E-state index contributed by atoms with van der Waals surface area (Å²) in [5, 5.41) is 6.32. The molecule has 2 aromatic carbocycles. The Hall–Kier alpha value is -1.94. The molecule has 2 atom stereocenters. The molecule has 3 rings (SSSR count). The van der Waals surface area contributed by atoms with Gasteiger partial charge in [0.1, 0.15) is 6.04 Å². The molecule has 1 aliphatic heterocycles. The summed E-state index contributed by atoms with van der Waals surface area (Å²) in [6, 6.07) is 17.3. The van der Waals surface area contributed by atoms with E-state index in [0.29, 0.717) is 6.54 Å². The first-order valence-electron chi connectivity index (χ1n) is 7.36. The third-order valence-corrected chi connectivity index (χ3v) is 4.41. The first-order chi connectivity index (χ1) is 10.7. The smallest absolute Gasteiger partial charge is 0.187 e. The average Bonchev–Trinajstić information content (AvgIpc) is 2.99. The highest BCUT2D eigenvalue weighted by Crippen LogP contribution is 2.31. The van der Waals surface area contributed by atoms with Crippen molar-refractivity contribution < 1.29 is 4.79 Å². The summed E-state index contributed by atoms with van der Waals surface area (Å²) in [6.45, 7) is 2.73. The Morgan fingerprint density at radius 1 is 1.18 bits per heavy atom. The van der Waals surface area contributed by atoms with E-state index < -0.39 is 0 Å². The molecule has 0 aliphatic carbocycles. The lowest BCUT2D eigenvalue weighted by Gasteiger charge is -2.26. The summed E-state index contributed by atoms with van der Waals surface area (Å²) in [4.78, 5) is 13.0. The number of Topliss-reactive ketones (excluding diaryl/α,β-unsaturated/α-hetero) is 1. The van der Waals surface area contributed by atoms with Gasteiger partial charge in [-0.1, -0.05) is 58.4 Å². The molecule has 22 heavy (non-hydrogen) atoms. The van der Waals surface area contributed by atoms with E-state index in [-0.39, 0.29) is 17.7 Å². The van der Waals surface area contributed by atoms with Crippen LogP contribution in [0.2, 0.25) is 0 Å². The van der Waals surface area contributed by atoms with Crippen molar-refractivity contribution in [2.24, 2.45) is 5.10 Å². The van der Waals surface area contributed by atoms with E-state index >= 15 is 0 Å². The molecule has 2 aromatic rings. The van der Waals surface area contributed by atoms with Crippen LogP contribution in [0.3, 0.4) is 0 Å². The number of likely N-dealkylation sites (N-methyl/N-ethyl adjacent to an activating group) is 1. The number of nitrogens with zero attached hydrogens (tertiary/aromatic N) is 2. The number of carbonyl (C=O) groups is 1. The summed E-state index contributed by atoms with van der Waals surface area (Å²) in [5.74, 6) is 0.0927. The molecule has 0 N–H and O–H groups in total. The highest BCUT2D eigenvalue weighted by molar-refractivity contribution is 9.10. The Morgan fingerprint density at radius 2 is 1.95 bits per heavy atom. The normalized spacial score (nSPS) is 20.4. The van der Waals surface area contributed by atoms with Gasteiger partial charge in [-0.05, 0) is 24.6 Å². The number of halogens is 1. The molecule has 0 radical (unpaired) electrons. The van der Waals surface area contributed by atoms with Crippen molar-refractivity contribution in [3.8, 4) is 0 Å². The molecular formula is C18H17BrN2O. The van der Waals surface area contributed by atoms with Crippen LogP contribution in [0, 0.1) is 0 Å². The maximum atomic E-state index is 13.0. The summed E-state index contributed by atoms with van der Waals surface area (Å²) >= 11 is 3.50. The molecule has 1 heterocycles. The highest BCUT2D eigenvalue weighted by atomic mass is 79.9. The van der Waals surface area contributed by atoms with Crippen LogP contribution < -0.4 is 0 Å². The molecule has 3 nitrogen and oxygen atoms in total. The molecule has 4 heteroatoms. The van der Waals surface area contributed by atoms with Crippen molar-refractivity contribution in [1.29, 1.82) is 0 Å².